The maximum absolute atomic E-state index is 13.4. The number of H-pyrrole nitrogens is 2. The van der Waals surface area contributed by atoms with Gasteiger partial charge < -0.3 is 29.8 Å². The number of halogens is 1. The number of carbonyl (C=O) groups excluding carboxylic acids is 2. The highest BCUT2D eigenvalue weighted by atomic mass is 35.5. The van der Waals surface area contributed by atoms with Gasteiger partial charge in [-0.05, 0) is 68.5 Å². The number of aliphatic hydroxyl groups is 2. The largest absolute Gasteiger partial charge is 0.491 e. The van der Waals surface area contributed by atoms with Crippen molar-refractivity contribution in [2.24, 2.45) is 0 Å². The number of piperidine rings is 1. The number of aryl methyl sites for hydroxylation is 1. The fourth-order valence-electron chi connectivity index (χ4n) is 6.08. The predicted octanol–water partition coefficient (Wildman–Crippen LogP) is 3.31. The first-order chi connectivity index (χ1) is 21.2. The second-order valence-electron chi connectivity index (χ2n) is 11.4. The summed E-state index contributed by atoms with van der Waals surface area (Å²) in [6, 6.07) is 10.2. The molecule has 4 aromatic rings. The summed E-state index contributed by atoms with van der Waals surface area (Å²) in [4.78, 5) is 53.8. The molecule has 44 heavy (non-hydrogen) atoms. The lowest BCUT2D eigenvalue weighted by Gasteiger charge is -2.35. The number of imidazole rings is 1. The van der Waals surface area contributed by atoms with E-state index >= 15 is 0 Å². The van der Waals surface area contributed by atoms with Crippen molar-refractivity contribution in [1.29, 1.82) is 0 Å². The number of rotatable bonds is 10. The molecule has 6 rings (SSSR count). The van der Waals surface area contributed by atoms with Gasteiger partial charge in [0, 0.05) is 42.5 Å². The summed E-state index contributed by atoms with van der Waals surface area (Å²) in [7, 11) is 0. The number of fused-ring (bicyclic) bond motifs is 2. The van der Waals surface area contributed by atoms with Gasteiger partial charge in [0.2, 0.25) is 0 Å². The van der Waals surface area contributed by atoms with Crippen LogP contribution in [0.1, 0.15) is 51.1 Å². The molecular weight excluding hydrogens is 586 g/mol. The molecule has 11 nitrogen and oxygen atoms in total. The number of carbonyl (C=O) groups is 2. The van der Waals surface area contributed by atoms with Crippen molar-refractivity contribution in [3.63, 3.8) is 0 Å². The number of nitrogens with one attached hydrogen (secondary N) is 2. The summed E-state index contributed by atoms with van der Waals surface area (Å²) >= 11 is 6.16. The van der Waals surface area contributed by atoms with Gasteiger partial charge in [-0.1, -0.05) is 17.7 Å². The first kappa shape index (κ1) is 30.0. The van der Waals surface area contributed by atoms with Crippen molar-refractivity contribution < 1.29 is 24.5 Å². The van der Waals surface area contributed by atoms with E-state index < -0.39 is 6.10 Å². The Morgan fingerprint density at radius 3 is 2.61 bits per heavy atom. The molecule has 1 saturated heterocycles. The van der Waals surface area contributed by atoms with Crippen LogP contribution in [-0.2, 0) is 6.42 Å². The number of β-amino-alcohol motifs (C(OH)–C–C–N with tert-alkyl or cyclic N) is 1. The molecule has 0 unspecified atom stereocenters. The molecule has 2 amide bonds. The van der Waals surface area contributed by atoms with E-state index in [-0.39, 0.29) is 36.6 Å². The lowest BCUT2D eigenvalue weighted by atomic mass is 10.0. The first-order valence-electron chi connectivity index (χ1n) is 14.8. The Morgan fingerprint density at radius 1 is 1.11 bits per heavy atom. The fourth-order valence-corrected chi connectivity index (χ4v) is 6.24. The minimum atomic E-state index is -0.791. The monoisotopic (exact) mass is 619 g/mol. The summed E-state index contributed by atoms with van der Waals surface area (Å²) in [5.41, 5.74) is 3.10. The Kier molecular flexibility index (Phi) is 8.55. The van der Waals surface area contributed by atoms with E-state index in [2.05, 4.69) is 19.9 Å². The van der Waals surface area contributed by atoms with E-state index in [9.17, 15) is 24.6 Å². The second kappa shape index (κ2) is 12.5. The standard InChI is InChI=1S/C32H34ClN5O6/c1-18-24(33)3-2-4-27(18)44-17-21(40)6-5-19-7-10-34-30(41)28(19)29-35-25-15-22-23(16-26(25)36-29)32(43)38(31(22)42)20-8-11-37(12-9-20)13-14-39/h2-4,7,10,15-16,20-21,39-40H,5-6,8-9,11-14,17H2,1H3,(H,34,41)(H,35,36)/t21-/m1/s1. The topological polar surface area (TPSA) is 152 Å². The van der Waals surface area contributed by atoms with Crippen LogP contribution in [0.5, 0.6) is 5.75 Å². The Bertz CT molecular complexity index is 1720. The maximum atomic E-state index is 13.4. The molecule has 4 N–H and O–H groups in total. The van der Waals surface area contributed by atoms with E-state index in [1.54, 1.807) is 42.6 Å². The number of aromatic amines is 2. The number of amides is 2. The maximum Gasteiger partial charge on any atom is 0.261 e. The van der Waals surface area contributed by atoms with Crippen LogP contribution in [0.4, 0.5) is 0 Å². The molecule has 2 aromatic heterocycles. The minimum absolute atomic E-state index is 0.0662. The number of ether oxygens (including phenoxy) is 1. The van der Waals surface area contributed by atoms with Gasteiger partial charge in [0.1, 0.15) is 18.2 Å². The van der Waals surface area contributed by atoms with E-state index in [1.165, 1.54) is 4.90 Å². The van der Waals surface area contributed by atoms with Gasteiger partial charge in [-0.2, -0.15) is 0 Å². The van der Waals surface area contributed by atoms with Gasteiger partial charge in [-0.15, -0.1) is 0 Å². The van der Waals surface area contributed by atoms with Gasteiger partial charge in [0.05, 0.1) is 40.4 Å². The zero-order chi connectivity index (χ0) is 31.0. The third-order valence-electron chi connectivity index (χ3n) is 8.54. The summed E-state index contributed by atoms with van der Waals surface area (Å²) in [6.45, 7) is 4.00. The van der Waals surface area contributed by atoms with Crippen LogP contribution >= 0.6 is 11.6 Å². The quantitative estimate of drug-likeness (QED) is 0.197. The highest BCUT2D eigenvalue weighted by Crippen LogP contribution is 2.32. The average Bonchev–Trinajstić information content (AvgIpc) is 3.53. The lowest BCUT2D eigenvalue weighted by Crippen LogP contribution is -2.47. The summed E-state index contributed by atoms with van der Waals surface area (Å²) < 4.78 is 5.77. The number of hydrogen-bond donors (Lipinski definition) is 4. The first-order valence-corrected chi connectivity index (χ1v) is 15.1. The summed E-state index contributed by atoms with van der Waals surface area (Å²) in [6.07, 6.45) is 2.80. The van der Waals surface area contributed by atoms with Crippen LogP contribution in [0.25, 0.3) is 22.4 Å². The number of likely N-dealkylation sites (tertiary alicyclic amines) is 1. The molecule has 0 spiro atoms. The minimum Gasteiger partial charge on any atom is -0.491 e. The molecule has 2 aliphatic rings. The number of pyridine rings is 1. The van der Waals surface area contributed by atoms with E-state index in [1.807, 2.05) is 6.92 Å². The second-order valence-corrected chi connectivity index (χ2v) is 11.8. The molecule has 0 radical (unpaired) electrons. The van der Waals surface area contributed by atoms with Crippen LogP contribution in [0.15, 0.2) is 47.4 Å². The van der Waals surface area contributed by atoms with E-state index in [4.69, 9.17) is 16.3 Å². The zero-order valence-electron chi connectivity index (χ0n) is 24.3. The molecule has 12 heteroatoms. The molecule has 2 aliphatic heterocycles. The van der Waals surface area contributed by atoms with Gasteiger partial charge >= 0.3 is 0 Å². The van der Waals surface area contributed by atoms with Gasteiger partial charge in [0.15, 0.2) is 0 Å². The molecule has 0 saturated carbocycles. The van der Waals surface area contributed by atoms with Crippen molar-refractivity contribution in [1.82, 2.24) is 24.8 Å². The predicted molar refractivity (Wildman–Crippen MR) is 165 cm³/mol. The van der Waals surface area contributed by atoms with Crippen LogP contribution in [-0.4, -0.2) is 91.8 Å². The smallest absolute Gasteiger partial charge is 0.261 e. The highest BCUT2D eigenvalue weighted by molar-refractivity contribution is 6.31. The molecule has 0 bridgehead atoms. The SMILES string of the molecule is Cc1c(Cl)cccc1OC[C@H](O)CCc1cc[nH]c(=O)c1-c1nc2cc3c(cc2[nH]1)C(=O)N(C1CCN(CCO)CC1)C3=O. The summed E-state index contributed by atoms with van der Waals surface area (Å²) in [5, 5.41) is 20.4. The average molecular weight is 620 g/mol. The van der Waals surface area contributed by atoms with Crippen molar-refractivity contribution in [2.75, 3.05) is 32.8 Å². The summed E-state index contributed by atoms with van der Waals surface area (Å²) in [5.74, 6) is 0.255. The van der Waals surface area contributed by atoms with Crippen molar-refractivity contribution in [3.8, 4) is 17.1 Å². The Hall–Kier alpha value is -4.03. The van der Waals surface area contributed by atoms with Crippen molar-refractivity contribution >= 4 is 34.4 Å². The number of nitrogens with zero attached hydrogens (tertiary/aromatic N) is 3. The third kappa shape index (κ3) is 5.75. The molecule has 2 aromatic carbocycles. The molecule has 230 valence electrons. The fraction of sp³-hybridized carbons (Fsp3) is 0.375. The molecule has 0 aliphatic carbocycles. The Labute approximate surface area is 258 Å². The van der Waals surface area contributed by atoms with Gasteiger partial charge in [-0.3, -0.25) is 19.3 Å². The highest BCUT2D eigenvalue weighted by Gasteiger charge is 2.41. The van der Waals surface area contributed by atoms with Gasteiger partial charge in [0.25, 0.3) is 17.4 Å². The third-order valence-corrected chi connectivity index (χ3v) is 8.95. The van der Waals surface area contributed by atoms with Crippen LogP contribution in [0.3, 0.4) is 0 Å². The Morgan fingerprint density at radius 2 is 1.86 bits per heavy atom. The number of benzene rings is 2. The molecule has 1 fully saturated rings. The molecular formula is C32H34ClN5O6. The number of aromatic nitrogens is 3. The van der Waals surface area contributed by atoms with E-state index in [0.29, 0.717) is 95.2 Å². The molecule has 1 atom stereocenters. The van der Waals surface area contributed by atoms with Gasteiger partial charge in [-0.25, -0.2) is 4.98 Å². The zero-order valence-corrected chi connectivity index (χ0v) is 25.1. The van der Waals surface area contributed by atoms with Crippen molar-refractivity contribution in [3.05, 3.63) is 80.2 Å². The number of aliphatic hydroxyl groups excluding tert-OH is 2. The van der Waals surface area contributed by atoms with E-state index in [0.717, 1.165) is 5.56 Å². The van der Waals surface area contributed by atoms with Crippen LogP contribution < -0.4 is 10.3 Å². The number of hydrogen-bond acceptors (Lipinski definition) is 8. The van der Waals surface area contributed by atoms with Crippen LogP contribution in [0, 0.1) is 6.92 Å². The normalized spacial score (nSPS) is 16.6. The lowest BCUT2D eigenvalue weighted by molar-refractivity contribution is 0.0490. The molecule has 4 heterocycles. The van der Waals surface area contributed by atoms with Crippen molar-refractivity contribution in [2.45, 2.75) is 44.8 Å². The van der Waals surface area contributed by atoms with Crippen LogP contribution in [0.2, 0.25) is 5.02 Å². The Balaban J connectivity index is 1.18. The number of imide groups is 1.